The molecule has 100 valence electrons. The Hall–Kier alpha value is -0.170. The third kappa shape index (κ3) is 4.21. The molecule has 0 saturated heterocycles. The van der Waals surface area contributed by atoms with Gasteiger partial charge in [-0.15, -0.1) is 0 Å². The zero-order chi connectivity index (χ0) is 12.5. The number of hydrogen-bond acceptors (Lipinski definition) is 3. The van der Waals surface area contributed by atoms with Crippen LogP contribution in [-0.4, -0.2) is 31.7 Å². The van der Waals surface area contributed by atoms with E-state index in [1.807, 2.05) is 0 Å². The number of rotatable bonds is 5. The summed E-state index contributed by atoms with van der Waals surface area (Å²) in [5.41, 5.74) is -0.865. The van der Waals surface area contributed by atoms with Gasteiger partial charge in [-0.3, -0.25) is 0 Å². The molecule has 2 aliphatic rings. The highest BCUT2D eigenvalue weighted by atomic mass is 32.2. The van der Waals surface area contributed by atoms with Crippen molar-refractivity contribution < 1.29 is 13.5 Å². The standard InChI is InChI=1S/C11H22N2O3S/c1-9-3-2-6-11(14,7-9)8-12-17(15,16)13-10-4-5-10/h9-10,12-14H,2-8H2,1H3. The molecule has 2 atom stereocenters. The van der Waals surface area contributed by atoms with Gasteiger partial charge in [0.1, 0.15) is 0 Å². The molecule has 0 spiro atoms. The second-order valence-corrected chi connectivity index (χ2v) is 7.17. The van der Waals surface area contributed by atoms with Crippen molar-refractivity contribution in [2.75, 3.05) is 6.54 Å². The number of hydrogen-bond donors (Lipinski definition) is 3. The van der Waals surface area contributed by atoms with E-state index in [9.17, 15) is 13.5 Å². The van der Waals surface area contributed by atoms with Crippen LogP contribution in [0.2, 0.25) is 0 Å². The summed E-state index contributed by atoms with van der Waals surface area (Å²) in [6.45, 7) is 2.22. The summed E-state index contributed by atoms with van der Waals surface area (Å²) < 4.78 is 28.2. The van der Waals surface area contributed by atoms with Crippen molar-refractivity contribution in [1.82, 2.24) is 9.44 Å². The number of nitrogens with one attached hydrogen (secondary N) is 2. The van der Waals surface area contributed by atoms with Gasteiger partial charge in [0.25, 0.3) is 10.2 Å². The van der Waals surface area contributed by atoms with Crippen LogP contribution in [0.1, 0.15) is 45.4 Å². The van der Waals surface area contributed by atoms with Gasteiger partial charge in [-0.25, -0.2) is 0 Å². The van der Waals surface area contributed by atoms with Crippen LogP contribution < -0.4 is 9.44 Å². The first-order valence-electron chi connectivity index (χ1n) is 6.38. The first-order valence-corrected chi connectivity index (χ1v) is 7.86. The quantitative estimate of drug-likeness (QED) is 0.675. The number of aliphatic hydroxyl groups is 1. The maximum absolute atomic E-state index is 11.6. The molecule has 0 radical (unpaired) electrons. The summed E-state index contributed by atoms with van der Waals surface area (Å²) >= 11 is 0. The summed E-state index contributed by atoms with van der Waals surface area (Å²) in [6, 6.07) is 0.104. The molecule has 2 fully saturated rings. The highest BCUT2D eigenvalue weighted by Crippen LogP contribution is 2.31. The molecule has 0 bridgehead atoms. The summed E-state index contributed by atoms with van der Waals surface area (Å²) in [5.74, 6) is 0.467. The molecule has 2 rings (SSSR count). The molecule has 2 aliphatic carbocycles. The van der Waals surface area contributed by atoms with E-state index in [4.69, 9.17) is 0 Å². The van der Waals surface area contributed by atoms with Gasteiger partial charge in [-0.1, -0.05) is 19.8 Å². The van der Waals surface area contributed by atoms with Crippen molar-refractivity contribution in [2.45, 2.75) is 57.1 Å². The summed E-state index contributed by atoms with van der Waals surface area (Å²) in [5, 5.41) is 10.3. The van der Waals surface area contributed by atoms with E-state index < -0.39 is 15.8 Å². The minimum Gasteiger partial charge on any atom is -0.389 e. The topological polar surface area (TPSA) is 78.4 Å². The van der Waals surface area contributed by atoms with E-state index in [0.717, 1.165) is 25.7 Å². The minimum atomic E-state index is -3.43. The Labute approximate surface area is 103 Å². The zero-order valence-corrected chi connectivity index (χ0v) is 11.1. The van der Waals surface area contributed by atoms with Crippen LogP contribution in [0.4, 0.5) is 0 Å². The van der Waals surface area contributed by atoms with E-state index in [1.54, 1.807) is 0 Å². The normalized spacial score (nSPS) is 34.8. The van der Waals surface area contributed by atoms with E-state index in [0.29, 0.717) is 18.8 Å². The van der Waals surface area contributed by atoms with Gasteiger partial charge >= 0.3 is 0 Å². The Balaban J connectivity index is 1.83. The van der Waals surface area contributed by atoms with E-state index >= 15 is 0 Å². The molecule has 0 aromatic heterocycles. The van der Waals surface area contributed by atoms with Gasteiger partial charge in [0.15, 0.2) is 0 Å². The average Bonchev–Trinajstić information content (AvgIpc) is 2.98. The fourth-order valence-corrected chi connectivity index (χ4v) is 3.70. The van der Waals surface area contributed by atoms with Crippen molar-refractivity contribution in [2.24, 2.45) is 5.92 Å². The van der Waals surface area contributed by atoms with Crippen molar-refractivity contribution in [3.05, 3.63) is 0 Å². The van der Waals surface area contributed by atoms with Gasteiger partial charge in [-0.2, -0.15) is 17.9 Å². The van der Waals surface area contributed by atoms with Crippen LogP contribution in [-0.2, 0) is 10.2 Å². The van der Waals surface area contributed by atoms with E-state index in [1.165, 1.54) is 0 Å². The predicted octanol–water partition coefficient (Wildman–Crippen LogP) is 0.514. The Bertz CT molecular complexity index is 367. The lowest BCUT2D eigenvalue weighted by Gasteiger charge is -2.35. The van der Waals surface area contributed by atoms with Crippen LogP contribution in [0.5, 0.6) is 0 Å². The molecule has 6 heteroatoms. The Morgan fingerprint density at radius 3 is 2.65 bits per heavy atom. The molecule has 2 unspecified atom stereocenters. The summed E-state index contributed by atoms with van der Waals surface area (Å²) in [6.07, 6.45) is 5.29. The van der Waals surface area contributed by atoms with E-state index in [2.05, 4.69) is 16.4 Å². The van der Waals surface area contributed by atoms with Crippen LogP contribution in [0, 0.1) is 5.92 Å². The molecular formula is C11H22N2O3S. The second-order valence-electron chi connectivity index (χ2n) is 5.64. The zero-order valence-electron chi connectivity index (χ0n) is 10.3. The van der Waals surface area contributed by atoms with Gasteiger partial charge in [0.05, 0.1) is 5.60 Å². The molecule has 0 aliphatic heterocycles. The Morgan fingerprint density at radius 2 is 2.06 bits per heavy atom. The van der Waals surface area contributed by atoms with Crippen molar-refractivity contribution in [1.29, 1.82) is 0 Å². The lowest BCUT2D eigenvalue weighted by Crippen LogP contribution is -2.49. The van der Waals surface area contributed by atoms with Crippen molar-refractivity contribution >= 4 is 10.2 Å². The Morgan fingerprint density at radius 1 is 1.35 bits per heavy atom. The largest absolute Gasteiger partial charge is 0.389 e. The molecule has 0 amide bonds. The predicted molar refractivity (Wildman–Crippen MR) is 65.7 cm³/mol. The fraction of sp³-hybridized carbons (Fsp3) is 1.00. The van der Waals surface area contributed by atoms with Crippen LogP contribution in [0.25, 0.3) is 0 Å². The second kappa shape index (κ2) is 4.84. The molecule has 2 saturated carbocycles. The monoisotopic (exact) mass is 262 g/mol. The first kappa shape index (κ1) is 13.3. The molecule has 5 nitrogen and oxygen atoms in total. The van der Waals surface area contributed by atoms with Gasteiger partial charge in [0.2, 0.25) is 0 Å². The van der Waals surface area contributed by atoms with Crippen LogP contribution in [0.3, 0.4) is 0 Å². The Kier molecular flexibility index (Phi) is 3.77. The lowest BCUT2D eigenvalue weighted by atomic mass is 9.79. The summed E-state index contributed by atoms with van der Waals surface area (Å²) in [7, 11) is -3.43. The lowest BCUT2D eigenvalue weighted by molar-refractivity contribution is -0.00758. The smallest absolute Gasteiger partial charge is 0.277 e. The van der Waals surface area contributed by atoms with Crippen molar-refractivity contribution in [3.63, 3.8) is 0 Å². The maximum Gasteiger partial charge on any atom is 0.277 e. The third-order valence-corrected chi connectivity index (χ3v) is 4.73. The molecule has 0 aromatic rings. The van der Waals surface area contributed by atoms with Crippen LogP contribution in [0.15, 0.2) is 0 Å². The highest BCUT2D eigenvalue weighted by molar-refractivity contribution is 7.87. The van der Waals surface area contributed by atoms with Crippen molar-refractivity contribution in [3.8, 4) is 0 Å². The van der Waals surface area contributed by atoms with Gasteiger partial charge in [0, 0.05) is 12.6 Å². The molecule has 3 N–H and O–H groups in total. The van der Waals surface area contributed by atoms with Gasteiger partial charge < -0.3 is 5.11 Å². The minimum absolute atomic E-state index is 0.104. The average molecular weight is 262 g/mol. The van der Waals surface area contributed by atoms with Crippen LogP contribution >= 0.6 is 0 Å². The highest BCUT2D eigenvalue weighted by Gasteiger charge is 2.34. The summed E-state index contributed by atoms with van der Waals surface area (Å²) in [4.78, 5) is 0. The first-order chi connectivity index (χ1) is 7.89. The molecule has 0 aromatic carbocycles. The van der Waals surface area contributed by atoms with E-state index in [-0.39, 0.29) is 12.6 Å². The molecule has 0 heterocycles. The third-order valence-electron chi connectivity index (χ3n) is 3.56. The SMILES string of the molecule is CC1CCCC(O)(CNS(=O)(=O)NC2CC2)C1. The molecule has 17 heavy (non-hydrogen) atoms. The van der Waals surface area contributed by atoms with Gasteiger partial charge in [-0.05, 0) is 31.6 Å². The fourth-order valence-electron chi connectivity index (χ4n) is 2.48. The molecular weight excluding hydrogens is 240 g/mol. The maximum atomic E-state index is 11.6.